The Morgan fingerprint density at radius 2 is 1.43 bits per heavy atom. The van der Waals surface area contributed by atoms with E-state index in [-0.39, 0.29) is 0 Å². The number of hydrogen-bond donors (Lipinski definition) is 0. The first-order chi connectivity index (χ1) is 6.47. The van der Waals surface area contributed by atoms with E-state index in [4.69, 9.17) is 0 Å². The van der Waals surface area contributed by atoms with Gasteiger partial charge in [0.05, 0.1) is 0 Å². The Hall–Kier alpha value is 0.0649. The molecule has 82 valence electrons. The molecule has 0 heterocycles. The summed E-state index contributed by atoms with van der Waals surface area (Å²) >= 11 is 0. The van der Waals surface area contributed by atoms with Crippen LogP contribution in [0.1, 0.15) is 72.1 Å². The molecule has 0 amide bonds. The van der Waals surface area contributed by atoms with E-state index in [0.717, 1.165) is 0 Å². The van der Waals surface area contributed by atoms with Crippen molar-refractivity contribution in [2.45, 2.75) is 77.5 Å². The van der Waals surface area contributed by atoms with E-state index in [2.05, 4.69) is 28.6 Å². The summed E-state index contributed by atoms with van der Waals surface area (Å²) in [6.07, 6.45) is 11.5. The normalized spacial score (nSPS) is 41.1. The molecule has 0 nitrogen and oxygen atoms in total. The van der Waals surface area contributed by atoms with Gasteiger partial charge in [-0.25, -0.2) is 0 Å². The van der Waals surface area contributed by atoms with Gasteiger partial charge in [0.1, 0.15) is 7.85 Å². The fourth-order valence-corrected chi connectivity index (χ4v) is 2.75. The maximum atomic E-state index is 2.49. The molecule has 0 aromatic carbocycles. The van der Waals surface area contributed by atoms with Crippen LogP contribution in [0.25, 0.3) is 0 Å². The maximum absolute atomic E-state index is 2.49. The van der Waals surface area contributed by atoms with Gasteiger partial charge in [-0.1, -0.05) is 64.6 Å². The average molecular weight is 194 g/mol. The minimum absolute atomic E-state index is 0.610. The molecule has 0 spiro atoms. The second-order valence-corrected chi connectivity index (χ2v) is 6.39. The lowest BCUT2D eigenvalue weighted by Gasteiger charge is -2.28. The number of rotatable bonds is 1. The van der Waals surface area contributed by atoms with Gasteiger partial charge in [-0.15, -0.1) is 0 Å². The zero-order valence-corrected chi connectivity index (χ0v) is 10.7. The van der Waals surface area contributed by atoms with Crippen LogP contribution in [0, 0.1) is 5.41 Å². The topological polar surface area (TPSA) is 0 Å². The van der Waals surface area contributed by atoms with Gasteiger partial charge < -0.3 is 0 Å². The Bertz CT molecular complexity index is 174. The van der Waals surface area contributed by atoms with Gasteiger partial charge in [-0.05, 0) is 18.3 Å². The molecule has 0 bridgehead atoms. The van der Waals surface area contributed by atoms with E-state index in [9.17, 15) is 0 Å². The first kappa shape index (κ1) is 12.1. The molecule has 0 aromatic rings. The molecular formula is C13H27B. The highest BCUT2D eigenvalue weighted by Gasteiger charge is 2.26. The fraction of sp³-hybridized carbons (Fsp3) is 1.00. The Balaban J connectivity index is 2.52. The van der Waals surface area contributed by atoms with Crippen LogP contribution in [-0.4, -0.2) is 7.85 Å². The van der Waals surface area contributed by atoms with E-state index < -0.39 is 0 Å². The Morgan fingerprint density at radius 3 is 2.07 bits per heavy atom. The second-order valence-electron chi connectivity index (χ2n) is 6.39. The van der Waals surface area contributed by atoms with Crippen LogP contribution in [0.15, 0.2) is 0 Å². The maximum Gasteiger partial charge on any atom is 0.109 e. The predicted octanol–water partition coefficient (Wildman–Crippen LogP) is 3.96. The van der Waals surface area contributed by atoms with Crippen molar-refractivity contribution in [2.75, 3.05) is 0 Å². The summed E-state index contributed by atoms with van der Waals surface area (Å²) in [6, 6.07) is 0. The molecule has 1 heteroatoms. The highest BCUT2D eigenvalue weighted by Crippen LogP contribution is 2.42. The van der Waals surface area contributed by atoms with Gasteiger partial charge in [-0.2, -0.15) is 0 Å². The molecular weight excluding hydrogens is 167 g/mol. The fourth-order valence-electron chi connectivity index (χ4n) is 2.75. The highest BCUT2D eigenvalue weighted by molar-refractivity contribution is 6.14. The van der Waals surface area contributed by atoms with Crippen molar-refractivity contribution < 1.29 is 0 Å². The van der Waals surface area contributed by atoms with Crippen LogP contribution in [-0.2, 0) is 0 Å². The molecule has 0 aliphatic heterocycles. The number of hydrogen-bond acceptors (Lipinski definition) is 0. The first-order valence-electron chi connectivity index (χ1n) is 6.47. The van der Waals surface area contributed by atoms with Gasteiger partial charge in [-0.3, -0.25) is 0 Å². The summed E-state index contributed by atoms with van der Waals surface area (Å²) in [6.45, 7) is 7.30. The predicted molar refractivity (Wildman–Crippen MR) is 67.6 cm³/mol. The van der Waals surface area contributed by atoms with Gasteiger partial charge in [0, 0.05) is 0 Å². The van der Waals surface area contributed by atoms with Gasteiger partial charge >= 0.3 is 0 Å². The first-order valence-corrected chi connectivity index (χ1v) is 6.47. The van der Waals surface area contributed by atoms with Crippen LogP contribution < -0.4 is 0 Å². The van der Waals surface area contributed by atoms with E-state index in [1.54, 1.807) is 0 Å². The minimum atomic E-state index is 0.610. The summed E-state index contributed by atoms with van der Waals surface area (Å²) in [7, 11) is 2.45. The van der Waals surface area contributed by atoms with Crippen LogP contribution >= 0.6 is 0 Å². The van der Waals surface area contributed by atoms with Crippen molar-refractivity contribution in [3.05, 3.63) is 0 Å². The smallest absolute Gasteiger partial charge is 0.0669 e. The van der Waals surface area contributed by atoms with Crippen molar-refractivity contribution in [1.29, 1.82) is 0 Å². The molecule has 0 saturated heterocycles. The van der Waals surface area contributed by atoms with Gasteiger partial charge in [0.2, 0.25) is 0 Å². The monoisotopic (exact) mass is 194 g/mol. The van der Waals surface area contributed by atoms with E-state index in [1.165, 1.54) is 51.4 Å². The lowest BCUT2D eigenvalue weighted by molar-refractivity contribution is 0.248. The molecule has 0 N–H and O–H groups in total. The summed E-state index contributed by atoms with van der Waals surface area (Å²) in [4.78, 5) is 0. The molecule has 1 fully saturated rings. The summed E-state index contributed by atoms with van der Waals surface area (Å²) < 4.78 is 0. The lowest BCUT2D eigenvalue weighted by atomic mass is 9.64. The van der Waals surface area contributed by atoms with Gasteiger partial charge in [0.25, 0.3) is 0 Å². The zero-order valence-electron chi connectivity index (χ0n) is 10.7. The third-order valence-electron chi connectivity index (χ3n) is 4.37. The van der Waals surface area contributed by atoms with Crippen LogP contribution in [0.2, 0.25) is 5.31 Å². The summed E-state index contributed by atoms with van der Waals surface area (Å²) in [5, 5.41) is 0.610. The van der Waals surface area contributed by atoms with Gasteiger partial charge in [0.15, 0.2) is 0 Å². The molecule has 2 unspecified atom stereocenters. The average Bonchev–Trinajstić information content (AvgIpc) is 2.17. The molecule has 1 aliphatic rings. The van der Waals surface area contributed by atoms with Crippen molar-refractivity contribution >= 4 is 7.85 Å². The van der Waals surface area contributed by atoms with Crippen LogP contribution in [0.5, 0.6) is 0 Å². The van der Waals surface area contributed by atoms with Crippen molar-refractivity contribution in [3.63, 3.8) is 0 Å². The molecule has 2 atom stereocenters. The van der Waals surface area contributed by atoms with E-state index in [1.807, 2.05) is 0 Å². The zero-order chi connectivity index (χ0) is 10.7. The highest BCUT2D eigenvalue weighted by atomic mass is 14.3. The minimum Gasteiger partial charge on any atom is -0.0669 e. The SMILES string of the molecule is BC1(C)CCCCC(C)(CC)CCC1. The third kappa shape index (κ3) is 3.67. The second kappa shape index (κ2) is 4.72. The van der Waals surface area contributed by atoms with Crippen LogP contribution in [0.4, 0.5) is 0 Å². The third-order valence-corrected chi connectivity index (χ3v) is 4.37. The molecule has 0 radical (unpaired) electrons. The summed E-state index contributed by atoms with van der Waals surface area (Å²) in [5.74, 6) is 0. The lowest BCUT2D eigenvalue weighted by Crippen LogP contribution is -2.14. The van der Waals surface area contributed by atoms with Crippen molar-refractivity contribution in [3.8, 4) is 0 Å². The standard InChI is InChI=1S/C13H27B/c1-4-12(2)8-5-6-10-13(3,14)11-7-9-12/h4-11,14H2,1-3H3. The largest absolute Gasteiger partial charge is 0.109 e. The van der Waals surface area contributed by atoms with Crippen molar-refractivity contribution in [1.82, 2.24) is 0 Å². The van der Waals surface area contributed by atoms with Crippen LogP contribution in [0.3, 0.4) is 0 Å². The molecule has 1 rings (SSSR count). The molecule has 1 saturated carbocycles. The summed E-state index contributed by atoms with van der Waals surface area (Å²) in [5.41, 5.74) is 0.653. The molecule has 0 aromatic heterocycles. The quantitative estimate of drug-likeness (QED) is 0.554. The van der Waals surface area contributed by atoms with E-state index in [0.29, 0.717) is 10.7 Å². The Labute approximate surface area is 91.3 Å². The Kier molecular flexibility index (Phi) is 4.09. The Morgan fingerprint density at radius 1 is 0.929 bits per heavy atom. The van der Waals surface area contributed by atoms with E-state index >= 15 is 0 Å². The molecule has 1 aliphatic carbocycles. The van der Waals surface area contributed by atoms with Crippen molar-refractivity contribution in [2.24, 2.45) is 5.41 Å². The molecule has 14 heavy (non-hydrogen) atoms.